The van der Waals surface area contributed by atoms with Gasteiger partial charge in [0.25, 0.3) is 0 Å². The minimum Gasteiger partial charge on any atom is -0.357 e. The van der Waals surface area contributed by atoms with E-state index in [9.17, 15) is 9.59 Å². The van der Waals surface area contributed by atoms with Gasteiger partial charge in [-0.1, -0.05) is 41.1 Å². The predicted molar refractivity (Wildman–Crippen MR) is 104 cm³/mol. The standard InChI is InChI=1S/C21H17BrN2O2/c1-11-9-15-18(19-17(11)14-10-12(22)7-8-16(14)23-19)21(26)24(20(15)25)13-5-3-2-4-6-13/h2-8,10-11,15,18,23H,9H2,1H3/t11-,15+,18+/m0/s1. The molecule has 1 aromatic heterocycles. The third kappa shape index (κ3) is 2.07. The molecular formula is C21H17BrN2O2. The molecule has 1 N–H and O–H groups in total. The number of hydrogen-bond acceptors (Lipinski definition) is 2. The fourth-order valence-corrected chi connectivity index (χ4v) is 4.96. The number of benzene rings is 2. The summed E-state index contributed by atoms with van der Waals surface area (Å²) < 4.78 is 1.01. The van der Waals surface area contributed by atoms with Gasteiger partial charge in [0.15, 0.2) is 0 Å². The number of carbonyl (C=O) groups excluding carboxylic acids is 2. The van der Waals surface area contributed by atoms with E-state index in [1.807, 2.05) is 42.5 Å². The van der Waals surface area contributed by atoms with E-state index in [-0.39, 0.29) is 23.7 Å². The Morgan fingerprint density at radius 1 is 1.08 bits per heavy atom. The number of aromatic nitrogens is 1. The molecule has 0 unspecified atom stereocenters. The van der Waals surface area contributed by atoms with Crippen molar-refractivity contribution < 1.29 is 9.59 Å². The molecule has 0 radical (unpaired) electrons. The van der Waals surface area contributed by atoms with E-state index in [0.29, 0.717) is 12.1 Å². The number of nitrogens with zero attached hydrogens (tertiary/aromatic N) is 1. The average molecular weight is 409 g/mol. The van der Waals surface area contributed by atoms with E-state index < -0.39 is 5.92 Å². The summed E-state index contributed by atoms with van der Waals surface area (Å²) in [4.78, 5) is 31.1. The Morgan fingerprint density at radius 3 is 2.62 bits per heavy atom. The maximum Gasteiger partial charge on any atom is 0.243 e. The molecule has 3 atom stereocenters. The van der Waals surface area contributed by atoms with E-state index in [2.05, 4.69) is 33.9 Å². The van der Waals surface area contributed by atoms with Crippen molar-refractivity contribution in [3.8, 4) is 0 Å². The quantitative estimate of drug-likeness (QED) is 0.592. The topological polar surface area (TPSA) is 53.2 Å². The summed E-state index contributed by atoms with van der Waals surface area (Å²) in [6.07, 6.45) is 0.699. The van der Waals surface area contributed by atoms with E-state index in [1.54, 1.807) is 0 Å². The Hall–Kier alpha value is -2.40. The van der Waals surface area contributed by atoms with Gasteiger partial charge in [0.2, 0.25) is 11.8 Å². The number of rotatable bonds is 1. The number of halogens is 1. The molecular weight excluding hydrogens is 392 g/mol. The number of para-hydroxylation sites is 1. The number of anilines is 1. The summed E-state index contributed by atoms with van der Waals surface area (Å²) in [6.45, 7) is 2.15. The zero-order chi connectivity index (χ0) is 18.0. The van der Waals surface area contributed by atoms with Crippen LogP contribution < -0.4 is 4.90 Å². The van der Waals surface area contributed by atoms with Gasteiger partial charge in [-0.15, -0.1) is 0 Å². The van der Waals surface area contributed by atoms with Crippen LogP contribution in [0, 0.1) is 5.92 Å². The first-order valence-corrected chi connectivity index (χ1v) is 9.59. The van der Waals surface area contributed by atoms with Crippen LogP contribution in [0.1, 0.15) is 36.4 Å². The van der Waals surface area contributed by atoms with E-state index in [0.717, 1.165) is 21.1 Å². The summed E-state index contributed by atoms with van der Waals surface area (Å²) in [7, 11) is 0. The number of aromatic amines is 1. The minimum absolute atomic E-state index is 0.0801. The molecule has 5 heteroatoms. The number of imide groups is 1. The predicted octanol–water partition coefficient (Wildman–Crippen LogP) is 4.71. The van der Waals surface area contributed by atoms with Crippen LogP contribution in [-0.2, 0) is 9.59 Å². The van der Waals surface area contributed by atoms with Gasteiger partial charge < -0.3 is 4.98 Å². The molecule has 26 heavy (non-hydrogen) atoms. The summed E-state index contributed by atoms with van der Waals surface area (Å²) in [6, 6.07) is 15.3. The van der Waals surface area contributed by atoms with E-state index >= 15 is 0 Å². The normalized spacial score (nSPS) is 24.8. The van der Waals surface area contributed by atoms with Gasteiger partial charge in [0.05, 0.1) is 17.5 Å². The van der Waals surface area contributed by atoms with Crippen LogP contribution in [0.2, 0.25) is 0 Å². The number of H-pyrrole nitrogens is 1. The van der Waals surface area contributed by atoms with Crippen LogP contribution in [0.5, 0.6) is 0 Å². The molecule has 1 aliphatic carbocycles. The smallest absolute Gasteiger partial charge is 0.243 e. The molecule has 0 bridgehead atoms. The molecule has 1 saturated heterocycles. The van der Waals surface area contributed by atoms with Gasteiger partial charge in [0.1, 0.15) is 0 Å². The fraction of sp³-hybridized carbons (Fsp3) is 0.238. The second-order valence-electron chi connectivity index (χ2n) is 7.21. The number of nitrogens with one attached hydrogen (secondary N) is 1. The fourth-order valence-electron chi connectivity index (χ4n) is 4.60. The molecule has 2 heterocycles. The number of hydrogen-bond donors (Lipinski definition) is 1. The first kappa shape index (κ1) is 15.8. The first-order valence-electron chi connectivity index (χ1n) is 8.80. The Balaban J connectivity index is 1.69. The van der Waals surface area contributed by atoms with Crippen LogP contribution >= 0.6 is 15.9 Å². The van der Waals surface area contributed by atoms with Gasteiger partial charge in [-0.2, -0.15) is 0 Å². The van der Waals surface area contributed by atoms with E-state index in [1.165, 1.54) is 10.5 Å². The Bertz CT molecular complexity index is 1060. The van der Waals surface area contributed by atoms with Crippen LogP contribution in [0.3, 0.4) is 0 Å². The van der Waals surface area contributed by atoms with Gasteiger partial charge in [-0.05, 0) is 48.2 Å². The van der Waals surface area contributed by atoms with Crippen molar-refractivity contribution in [2.45, 2.75) is 25.2 Å². The van der Waals surface area contributed by atoms with Gasteiger partial charge in [-0.25, -0.2) is 4.90 Å². The lowest BCUT2D eigenvalue weighted by atomic mass is 9.74. The molecule has 3 aromatic rings. The molecule has 130 valence electrons. The largest absolute Gasteiger partial charge is 0.357 e. The Kier molecular flexibility index (Phi) is 3.38. The Morgan fingerprint density at radius 2 is 1.85 bits per heavy atom. The highest BCUT2D eigenvalue weighted by atomic mass is 79.9. The van der Waals surface area contributed by atoms with Crippen molar-refractivity contribution in [2.75, 3.05) is 4.90 Å². The summed E-state index contributed by atoms with van der Waals surface area (Å²) >= 11 is 3.54. The molecule has 0 spiro atoms. The number of amides is 2. The molecule has 2 aromatic carbocycles. The monoisotopic (exact) mass is 408 g/mol. The number of fused-ring (bicyclic) bond motifs is 5. The molecule has 5 rings (SSSR count). The average Bonchev–Trinajstić information content (AvgIpc) is 3.12. The van der Waals surface area contributed by atoms with Crippen LogP contribution in [0.15, 0.2) is 53.0 Å². The maximum atomic E-state index is 13.2. The van der Waals surface area contributed by atoms with Gasteiger partial charge in [0, 0.05) is 21.1 Å². The second-order valence-corrected chi connectivity index (χ2v) is 8.13. The molecule has 4 nitrogen and oxygen atoms in total. The van der Waals surface area contributed by atoms with Crippen molar-refractivity contribution >= 4 is 44.3 Å². The highest BCUT2D eigenvalue weighted by Gasteiger charge is 2.53. The highest BCUT2D eigenvalue weighted by Crippen LogP contribution is 2.50. The molecule has 0 saturated carbocycles. The summed E-state index contributed by atoms with van der Waals surface area (Å²) in [5.74, 6) is -0.683. The minimum atomic E-state index is -0.417. The lowest BCUT2D eigenvalue weighted by Crippen LogP contribution is -2.30. The molecule has 1 fully saturated rings. The zero-order valence-electron chi connectivity index (χ0n) is 14.2. The lowest BCUT2D eigenvalue weighted by molar-refractivity contribution is -0.122. The summed E-state index contributed by atoms with van der Waals surface area (Å²) in [5, 5.41) is 1.14. The van der Waals surface area contributed by atoms with Crippen LogP contribution in [0.4, 0.5) is 5.69 Å². The van der Waals surface area contributed by atoms with Crippen molar-refractivity contribution in [1.82, 2.24) is 4.98 Å². The molecule has 2 amide bonds. The van der Waals surface area contributed by atoms with Crippen molar-refractivity contribution in [3.63, 3.8) is 0 Å². The van der Waals surface area contributed by atoms with Crippen molar-refractivity contribution in [1.29, 1.82) is 0 Å². The summed E-state index contributed by atoms with van der Waals surface area (Å²) in [5.41, 5.74) is 3.77. The van der Waals surface area contributed by atoms with Crippen molar-refractivity contribution in [2.24, 2.45) is 5.92 Å². The second kappa shape index (κ2) is 5.55. The first-order chi connectivity index (χ1) is 12.6. The lowest BCUT2D eigenvalue weighted by Gasteiger charge is -2.27. The third-order valence-corrected chi connectivity index (χ3v) is 6.18. The number of carbonyl (C=O) groups is 2. The maximum absolute atomic E-state index is 13.2. The SMILES string of the molecule is C[C@H]1C[C@H]2C(=O)N(c3ccccc3)C(=O)[C@H]2c2[nH]c3ccc(Br)cc3c21. The zero-order valence-corrected chi connectivity index (χ0v) is 15.8. The molecule has 2 aliphatic rings. The van der Waals surface area contributed by atoms with Crippen LogP contribution in [0.25, 0.3) is 10.9 Å². The van der Waals surface area contributed by atoms with E-state index in [4.69, 9.17) is 0 Å². The molecule has 1 aliphatic heterocycles. The Labute approximate surface area is 159 Å². The third-order valence-electron chi connectivity index (χ3n) is 5.68. The van der Waals surface area contributed by atoms with Gasteiger partial charge >= 0.3 is 0 Å². The van der Waals surface area contributed by atoms with Gasteiger partial charge in [-0.3, -0.25) is 9.59 Å². The van der Waals surface area contributed by atoms with Crippen molar-refractivity contribution in [3.05, 3.63) is 64.3 Å². The highest BCUT2D eigenvalue weighted by molar-refractivity contribution is 9.10. The van der Waals surface area contributed by atoms with Crippen LogP contribution in [-0.4, -0.2) is 16.8 Å².